The van der Waals surface area contributed by atoms with E-state index in [1.165, 1.54) is 16.4 Å². The number of carboxylic acid groups (broad SMARTS) is 1. The lowest BCUT2D eigenvalue weighted by Crippen LogP contribution is -2.61. The molecule has 2 aromatic rings. The molecule has 0 unspecified atom stereocenters. The summed E-state index contributed by atoms with van der Waals surface area (Å²) in [6.07, 6.45) is 2.19. The highest BCUT2D eigenvalue weighted by atomic mass is 32.2. The molecular weight excluding hydrogens is 705 g/mol. The summed E-state index contributed by atoms with van der Waals surface area (Å²) in [4.78, 5) is 20.3. The summed E-state index contributed by atoms with van der Waals surface area (Å²) in [6, 6.07) is 11.9. The largest absolute Gasteiger partial charge is 0.530 e. The van der Waals surface area contributed by atoms with E-state index < -0.39 is 46.0 Å². The first kappa shape index (κ1) is 40.1. The maximum atomic E-state index is 14.5. The van der Waals surface area contributed by atoms with E-state index in [1.807, 2.05) is 50.4 Å². The van der Waals surface area contributed by atoms with Crippen molar-refractivity contribution in [1.29, 1.82) is 5.26 Å². The van der Waals surface area contributed by atoms with E-state index in [9.17, 15) is 23.4 Å². The fourth-order valence-electron chi connectivity index (χ4n) is 7.26. The van der Waals surface area contributed by atoms with Crippen LogP contribution in [0.15, 0.2) is 58.4 Å². The van der Waals surface area contributed by atoms with E-state index in [4.69, 9.17) is 24.2 Å². The molecule has 5 atom stereocenters. The van der Waals surface area contributed by atoms with Gasteiger partial charge in [-0.3, -0.25) is 10.3 Å². The number of nitrogens with zero attached hydrogens (tertiary/aromatic N) is 5. The molecule has 3 heterocycles. The van der Waals surface area contributed by atoms with Crippen LogP contribution in [-0.4, -0.2) is 118 Å². The molecule has 0 aliphatic carbocycles. The second kappa shape index (κ2) is 17.8. The van der Waals surface area contributed by atoms with E-state index in [0.29, 0.717) is 43.5 Å². The molecule has 0 spiro atoms. The fraction of sp³-hybridized carbons (Fsp3) is 0.595. The zero-order valence-electron chi connectivity index (χ0n) is 30.8. The van der Waals surface area contributed by atoms with Crippen molar-refractivity contribution in [2.45, 2.75) is 81.7 Å². The van der Waals surface area contributed by atoms with Crippen LogP contribution in [0.2, 0.25) is 0 Å². The Hall–Kier alpha value is -4.14. The van der Waals surface area contributed by atoms with Gasteiger partial charge < -0.3 is 43.8 Å². The molecular formula is C37H51N6O9S-. The first-order valence-electron chi connectivity index (χ1n) is 18.0. The third-order valence-corrected chi connectivity index (χ3v) is 11.8. The van der Waals surface area contributed by atoms with Gasteiger partial charge in [0.15, 0.2) is 24.0 Å². The number of carbonyl (C=O) groups excluding carboxylic acids is 1. The number of ether oxygens (including phenoxy) is 4. The Kier molecular flexibility index (Phi) is 13.4. The Morgan fingerprint density at radius 3 is 2.58 bits per heavy atom. The number of hydrogen-bond donors (Lipinski definition) is 2. The van der Waals surface area contributed by atoms with Gasteiger partial charge in [-0.15, -0.1) is 0 Å². The predicted octanol–water partition coefficient (Wildman–Crippen LogP) is 2.36. The number of carbonyl (C=O) groups is 1. The summed E-state index contributed by atoms with van der Waals surface area (Å²) in [7, 11) is -0.642. The van der Waals surface area contributed by atoms with Crippen molar-refractivity contribution in [1.82, 2.24) is 19.4 Å². The molecule has 0 aromatic heterocycles. The Morgan fingerprint density at radius 1 is 1.11 bits per heavy atom. The minimum Gasteiger partial charge on any atom is -0.530 e. The number of fused-ring (bicyclic) bond motifs is 2. The molecule has 3 aliphatic heterocycles. The van der Waals surface area contributed by atoms with Gasteiger partial charge in [-0.1, -0.05) is 57.0 Å². The molecule has 3 aliphatic rings. The lowest BCUT2D eigenvalue weighted by Gasteiger charge is -2.43. The number of amides is 1. The first-order chi connectivity index (χ1) is 25.3. The summed E-state index contributed by atoms with van der Waals surface area (Å²) in [5.41, 5.74) is 0.233. The minimum absolute atomic E-state index is 0.0249. The van der Waals surface area contributed by atoms with Crippen LogP contribution in [0, 0.1) is 22.8 Å². The molecule has 290 valence electrons. The molecule has 53 heavy (non-hydrogen) atoms. The maximum absolute atomic E-state index is 14.5. The molecule has 15 nitrogen and oxygen atoms in total. The number of guanidine groups is 1. The summed E-state index contributed by atoms with van der Waals surface area (Å²) in [6.45, 7) is 4.62. The Balaban J connectivity index is 1.39. The van der Waals surface area contributed by atoms with Gasteiger partial charge in [0.1, 0.15) is 6.09 Å². The van der Waals surface area contributed by atoms with Crippen LogP contribution < -0.4 is 19.9 Å². The molecule has 0 radical (unpaired) electrons. The van der Waals surface area contributed by atoms with Gasteiger partial charge in [-0.25, -0.2) is 8.42 Å². The summed E-state index contributed by atoms with van der Waals surface area (Å²) in [5.74, 6) is 0.973. The van der Waals surface area contributed by atoms with Crippen molar-refractivity contribution in [3.05, 3.63) is 54.1 Å². The molecule has 0 bridgehead atoms. The average molecular weight is 756 g/mol. The van der Waals surface area contributed by atoms with Gasteiger partial charge in [-0.05, 0) is 48.8 Å². The van der Waals surface area contributed by atoms with Gasteiger partial charge in [0, 0.05) is 45.7 Å². The highest BCUT2D eigenvalue weighted by Gasteiger charge is 2.47. The highest BCUT2D eigenvalue weighted by molar-refractivity contribution is 7.89. The van der Waals surface area contributed by atoms with Gasteiger partial charge in [0.2, 0.25) is 22.8 Å². The number of sulfonamides is 1. The number of nitrogens with one attached hydrogen (secondary N) is 1. The molecule has 5 rings (SSSR count). The monoisotopic (exact) mass is 755 g/mol. The molecule has 1 amide bonds. The zero-order valence-corrected chi connectivity index (χ0v) is 31.7. The van der Waals surface area contributed by atoms with Gasteiger partial charge in [0.05, 0.1) is 36.3 Å². The number of aliphatic hydroxyl groups is 1. The second-order valence-electron chi connectivity index (χ2n) is 14.7. The van der Waals surface area contributed by atoms with Crippen LogP contribution >= 0.6 is 0 Å². The molecule has 2 N–H and O–H groups in total. The fourth-order valence-corrected chi connectivity index (χ4v) is 8.92. The third-order valence-electron chi connectivity index (χ3n) is 10.0. The number of aliphatic imine (C=N–C) groups is 1. The van der Waals surface area contributed by atoms with E-state index in [-0.39, 0.29) is 43.7 Å². The first-order valence-corrected chi connectivity index (χ1v) is 19.5. The van der Waals surface area contributed by atoms with Crippen molar-refractivity contribution >= 4 is 22.1 Å². The zero-order chi connectivity index (χ0) is 38.2. The van der Waals surface area contributed by atoms with Crippen LogP contribution in [0.25, 0.3) is 0 Å². The molecule has 16 heteroatoms. The van der Waals surface area contributed by atoms with E-state index in [2.05, 4.69) is 10.3 Å². The minimum atomic E-state index is -4.24. The van der Waals surface area contributed by atoms with Crippen molar-refractivity contribution in [2.24, 2.45) is 16.3 Å². The number of benzene rings is 2. The van der Waals surface area contributed by atoms with E-state index in [1.54, 1.807) is 25.1 Å². The Bertz CT molecular complexity index is 1720. The number of aliphatic hydroxyl groups excluding tert-OH is 1. The van der Waals surface area contributed by atoms with E-state index >= 15 is 0 Å². The standard InChI is InChI=1S/C37H52N6O9S/c1-37(2,16-9-6-10-17-39-35(40-24-38)41(3)4)23-42(53(47,48)27-13-14-32-33(20-27)52-25-51-32)21-31(44)29(19-26-11-7-5-8-12-26)43(36(45)46)30-22-50-34-28(30)15-18-49-34/h5,7-8,11-14,20,28-31,34,44H,6,9-10,15-19,21-23,25H2,1-4H3,(H,39,40)(H,45,46)/p-1/t28-,29-,30-,31+,34+/m0/s1. The van der Waals surface area contributed by atoms with Crippen LogP contribution in [0.3, 0.4) is 0 Å². The van der Waals surface area contributed by atoms with Crippen molar-refractivity contribution in [3.8, 4) is 17.7 Å². The predicted molar refractivity (Wildman–Crippen MR) is 193 cm³/mol. The van der Waals surface area contributed by atoms with Crippen LogP contribution in [0.1, 0.15) is 51.5 Å². The Morgan fingerprint density at radius 2 is 1.87 bits per heavy atom. The molecule has 2 fully saturated rings. The molecule has 0 saturated carbocycles. The average Bonchev–Trinajstić information content (AvgIpc) is 3.87. The quantitative estimate of drug-likeness (QED) is 0.0790. The maximum Gasteiger partial charge on any atom is 0.243 e. The van der Waals surface area contributed by atoms with Crippen molar-refractivity contribution in [3.63, 3.8) is 0 Å². The van der Waals surface area contributed by atoms with Gasteiger partial charge >= 0.3 is 0 Å². The number of rotatable bonds is 17. The summed E-state index contributed by atoms with van der Waals surface area (Å²) >= 11 is 0. The smallest absolute Gasteiger partial charge is 0.243 e. The van der Waals surface area contributed by atoms with Crippen LogP contribution in [0.4, 0.5) is 4.79 Å². The van der Waals surface area contributed by atoms with Crippen molar-refractivity contribution < 1.29 is 42.4 Å². The highest BCUT2D eigenvalue weighted by Crippen LogP contribution is 2.38. The normalized spacial score (nSPS) is 20.8. The van der Waals surface area contributed by atoms with Crippen LogP contribution in [-0.2, 0) is 25.9 Å². The van der Waals surface area contributed by atoms with E-state index in [0.717, 1.165) is 29.7 Å². The third kappa shape index (κ3) is 10.1. The second-order valence-corrected chi connectivity index (χ2v) is 16.7. The topological polar surface area (TPSA) is 189 Å². The number of hydrogen-bond acceptors (Lipinski definition) is 11. The van der Waals surface area contributed by atoms with Crippen molar-refractivity contribution in [2.75, 3.05) is 53.7 Å². The number of nitriles is 1. The molecule has 2 saturated heterocycles. The summed E-state index contributed by atoms with van der Waals surface area (Å²) < 4.78 is 52.7. The van der Waals surface area contributed by atoms with Gasteiger partial charge in [0.25, 0.3) is 0 Å². The van der Waals surface area contributed by atoms with Gasteiger partial charge in [-0.2, -0.15) is 9.57 Å². The molecule has 2 aromatic carbocycles. The lowest BCUT2D eigenvalue weighted by molar-refractivity contribution is -0.273. The van der Waals surface area contributed by atoms with Crippen LogP contribution in [0.5, 0.6) is 11.5 Å². The SMILES string of the molecule is CN(C)C(=NCCCCCC(C)(C)CN(C[C@@H](O)[C@H](Cc1ccccc1)N(C(=O)[O-])[C@H]1CO[C@H]2OCC[C@H]21)S(=O)(=O)c1ccc2c(c1)OCO2)NC#N. The Labute approximate surface area is 312 Å². The summed E-state index contributed by atoms with van der Waals surface area (Å²) in [5, 5.41) is 36.6. The lowest BCUT2D eigenvalue weighted by atomic mass is 9.86. The number of unbranched alkanes of at least 4 members (excludes halogenated alkanes) is 2.